The Labute approximate surface area is 106 Å². The number of methoxy groups -OCH3 is 1. The van der Waals surface area contributed by atoms with Gasteiger partial charge >= 0.3 is 0 Å². The Bertz CT molecular complexity index is 370. The maximum atomic E-state index is 11.9. The summed E-state index contributed by atoms with van der Waals surface area (Å²) >= 11 is 1.66. The maximum absolute atomic E-state index is 11.9. The average Bonchev–Trinajstić information content (AvgIpc) is 2.78. The zero-order valence-electron chi connectivity index (χ0n) is 9.94. The number of fused-ring (bicyclic) bond motifs is 1. The number of hydrogen-bond acceptors (Lipinski definition) is 3. The first-order valence-electron chi connectivity index (χ1n) is 5.82. The van der Waals surface area contributed by atoms with Gasteiger partial charge in [-0.2, -0.15) is 0 Å². The van der Waals surface area contributed by atoms with Crippen LogP contribution < -0.4 is 5.32 Å². The maximum Gasteiger partial charge on any atom is 0.233 e. The van der Waals surface area contributed by atoms with Gasteiger partial charge in [0.25, 0.3) is 0 Å². The molecular formula is C13H17NO2S. The van der Waals surface area contributed by atoms with Crippen LogP contribution in [0.25, 0.3) is 0 Å². The molecule has 4 heteroatoms. The van der Waals surface area contributed by atoms with E-state index in [0.717, 1.165) is 12.8 Å². The fourth-order valence-electron chi connectivity index (χ4n) is 1.87. The molecule has 0 saturated heterocycles. The summed E-state index contributed by atoms with van der Waals surface area (Å²) in [5.74, 6) is 0.141. The minimum Gasteiger partial charge on any atom is -0.385 e. The van der Waals surface area contributed by atoms with E-state index in [-0.39, 0.29) is 11.2 Å². The van der Waals surface area contributed by atoms with Gasteiger partial charge in [0.05, 0.1) is 5.25 Å². The Morgan fingerprint density at radius 3 is 3.12 bits per heavy atom. The number of ether oxygens (including phenoxy) is 1. The largest absolute Gasteiger partial charge is 0.385 e. The van der Waals surface area contributed by atoms with Crippen LogP contribution in [0, 0.1) is 0 Å². The average molecular weight is 251 g/mol. The number of hydrogen-bond donors (Lipinski definition) is 1. The van der Waals surface area contributed by atoms with Gasteiger partial charge in [0.2, 0.25) is 5.91 Å². The third kappa shape index (κ3) is 3.23. The summed E-state index contributed by atoms with van der Waals surface area (Å²) in [4.78, 5) is 13.1. The summed E-state index contributed by atoms with van der Waals surface area (Å²) in [5, 5.41) is 2.99. The second kappa shape index (κ2) is 6.07. The molecule has 1 atom stereocenters. The summed E-state index contributed by atoms with van der Waals surface area (Å²) in [7, 11) is 1.67. The van der Waals surface area contributed by atoms with Gasteiger partial charge in [-0.3, -0.25) is 4.79 Å². The minimum absolute atomic E-state index is 0.0370. The molecule has 1 aliphatic rings. The summed E-state index contributed by atoms with van der Waals surface area (Å²) < 4.78 is 4.94. The molecule has 2 rings (SSSR count). The van der Waals surface area contributed by atoms with Crippen molar-refractivity contribution in [2.45, 2.75) is 23.0 Å². The van der Waals surface area contributed by atoms with Crippen molar-refractivity contribution in [2.75, 3.05) is 20.3 Å². The summed E-state index contributed by atoms with van der Waals surface area (Å²) in [5.41, 5.74) is 1.29. The van der Waals surface area contributed by atoms with Crippen molar-refractivity contribution >= 4 is 17.7 Å². The lowest BCUT2D eigenvalue weighted by Crippen LogP contribution is -2.33. The molecular weight excluding hydrogens is 234 g/mol. The van der Waals surface area contributed by atoms with E-state index in [9.17, 15) is 4.79 Å². The van der Waals surface area contributed by atoms with Crippen molar-refractivity contribution in [1.29, 1.82) is 0 Å². The van der Waals surface area contributed by atoms with Crippen molar-refractivity contribution in [1.82, 2.24) is 5.32 Å². The number of amides is 1. The topological polar surface area (TPSA) is 38.3 Å². The van der Waals surface area contributed by atoms with Crippen molar-refractivity contribution in [3.05, 3.63) is 29.8 Å². The highest BCUT2D eigenvalue weighted by Gasteiger charge is 2.27. The smallest absolute Gasteiger partial charge is 0.233 e. The van der Waals surface area contributed by atoms with E-state index in [2.05, 4.69) is 17.4 Å². The fraction of sp³-hybridized carbons (Fsp3) is 0.462. The van der Waals surface area contributed by atoms with Gasteiger partial charge in [-0.25, -0.2) is 0 Å². The molecule has 17 heavy (non-hydrogen) atoms. The Morgan fingerprint density at radius 2 is 2.35 bits per heavy atom. The van der Waals surface area contributed by atoms with Crippen LogP contribution >= 0.6 is 11.8 Å². The molecule has 1 N–H and O–H groups in total. The Hall–Kier alpha value is -1.00. The number of thioether (sulfide) groups is 1. The molecule has 1 aromatic carbocycles. The lowest BCUT2D eigenvalue weighted by molar-refractivity contribution is -0.120. The van der Waals surface area contributed by atoms with Gasteiger partial charge in [-0.15, -0.1) is 11.8 Å². The normalized spacial score (nSPS) is 17.8. The van der Waals surface area contributed by atoms with Crippen LogP contribution in [0.2, 0.25) is 0 Å². The summed E-state index contributed by atoms with van der Waals surface area (Å²) in [6.45, 7) is 1.39. The molecule has 3 nitrogen and oxygen atoms in total. The van der Waals surface area contributed by atoms with Gasteiger partial charge < -0.3 is 10.1 Å². The van der Waals surface area contributed by atoms with Crippen molar-refractivity contribution in [3.8, 4) is 0 Å². The zero-order chi connectivity index (χ0) is 12.1. The first kappa shape index (κ1) is 12.5. The number of carbonyl (C=O) groups excluding carboxylic acids is 1. The van der Waals surface area contributed by atoms with E-state index in [1.807, 2.05) is 12.1 Å². The third-order valence-electron chi connectivity index (χ3n) is 2.76. The van der Waals surface area contributed by atoms with E-state index in [0.29, 0.717) is 13.2 Å². The van der Waals surface area contributed by atoms with Crippen LogP contribution in [0.1, 0.15) is 12.0 Å². The van der Waals surface area contributed by atoms with Gasteiger partial charge in [0, 0.05) is 25.2 Å². The Balaban J connectivity index is 1.80. The molecule has 0 bridgehead atoms. The Morgan fingerprint density at radius 1 is 1.53 bits per heavy atom. The minimum atomic E-state index is 0.0370. The quantitative estimate of drug-likeness (QED) is 0.812. The van der Waals surface area contributed by atoms with Crippen molar-refractivity contribution in [3.63, 3.8) is 0 Å². The highest BCUT2D eigenvalue weighted by atomic mass is 32.2. The number of carbonyl (C=O) groups is 1. The van der Waals surface area contributed by atoms with Crippen LogP contribution in [0.3, 0.4) is 0 Å². The summed E-state index contributed by atoms with van der Waals surface area (Å²) in [6, 6.07) is 8.22. The number of rotatable bonds is 5. The van der Waals surface area contributed by atoms with Gasteiger partial charge in [0.1, 0.15) is 0 Å². The Kier molecular flexibility index (Phi) is 4.45. The van der Waals surface area contributed by atoms with E-state index in [1.54, 1.807) is 18.9 Å². The second-order valence-electron chi connectivity index (χ2n) is 4.06. The molecule has 1 aliphatic heterocycles. The van der Waals surface area contributed by atoms with E-state index >= 15 is 0 Å². The first-order valence-corrected chi connectivity index (χ1v) is 6.70. The molecule has 0 saturated carbocycles. The second-order valence-corrected chi connectivity index (χ2v) is 5.30. The van der Waals surface area contributed by atoms with Crippen molar-refractivity contribution in [2.24, 2.45) is 0 Å². The highest BCUT2D eigenvalue weighted by Crippen LogP contribution is 2.36. The van der Waals surface area contributed by atoms with Crippen molar-refractivity contribution < 1.29 is 9.53 Å². The first-order chi connectivity index (χ1) is 8.31. The molecule has 92 valence electrons. The highest BCUT2D eigenvalue weighted by molar-refractivity contribution is 8.01. The molecule has 1 aromatic rings. The third-order valence-corrected chi connectivity index (χ3v) is 4.08. The van der Waals surface area contributed by atoms with Crippen LogP contribution in [0.4, 0.5) is 0 Å². The van der Waals surface area contributed by atoms with Crippen LogP contribution in [-0.4, -0.2) is 31.4 Å². The molecule has 1 unspecified atom stereocenters. The lowest BCUT2D eigenvalue weighted by atomic mass is 10.1. The van der Waals surface area contributed by atoms with Gasteiger partial charge in [-0.1, -0.05) is 18.2 Å². The molecule has 0 radical (unpaired) electrons. The van der Waals surface area contributed by atoms with Crippen LogP contribution in [0.15, 0.2) is 29.2 Å². The van der Waals surface area contributed by atoms with Gasteiger partial charge in [0.15, 0.2) is 0 Å². The predicted octanol–water partition coefficient (Wildman–Crippen LogP) is 1.86. The summed E-state index contributed by atoms with van der Waals surface area (Å²) in [6.07, 6.45) is 1.71. The van der Waals surface area contributed by atoms with E-state index in [1.165, 1.54) is 10.5 Å². The lowest BCUT2D eigenvalue weighted by Gasteiger charge is -2.09. The monoisotopic (exact) mass is 251 g/mol. The fourth-order valence-corrected chi connectivity index (χ4v) is 3.09. The van der Waals surface area contributed by atoms with Crippen LogP contribution in [-0.2, 0) is 16.0 Å². The van der Waals surface area contributed by atoms with Crippen LogP contribution in [0.5, 0.6) is 0 Å². The molecule has 0 aliphatic carbocycles. The van der Waals surface area contributed by atoms with E-state index < -0.39 is 0 Å². The number of nitrogens with one attached hydrogen (secondary N) is 1. The SMILES string of the molecule is COCCCNC(=O)C1Cc2ccccc2S1. The van der Waals surface area contributed by atoms with Gasteiger partial charge in [-0.05, 0) is 24.5 Å². The number of benzene rings is 1. The van der Waals surface area contributed by atoms with E-state index in [4.69, 9.17) is 4.74 Å². The molecule has 1 amide bonds. The molecule has 0 fully saturated rings. The molecule has 1 heterocycles. The zero-order valence-corrected chi connectivity index (χ0v) is 10.8. The molecule has 0 spiro atoms. The molecule has 0 aromatic heterocycles. The predicted molar refractivity (Wildman–Crippen MR) is 69.3 cm³/mol. The standard InChI is InChI=1S/C13H17NO2S/c1-16-8-4-7-14-13(15)12-9-10-5-2-3-6-11(10)17-12/h2-3,5-6,12H,4,7-9H2,1H3,(H,14,15).